The average molecular weight is 464 g/mol. The molecule has 0 aliphatic carbocycles. The summed E-state index contributed by atoms with van der Waals surface area (Å²) < 4.78 is 0. The number of hydrogen-bond donors (Lipinski definition) is 3. The first-order valence-corrected chi connectivity index (χ1v) is 12.1. The highest BCUT2D eigenvalue weighted by Gasteiger charge is 2.30. The molecule has 35 heavy (non-hydrogen) atoms. The standard InChI is InChI=1S/C29H29N5O/c1-34-19-9-8-14-27(34)28(22-12-6-3-7-13-22)31-29(35)30-23-16-18-26-24(20-23)25(32-33-26)17-15-21-10-4-2-5-11-21/h2-7,10-13,16,18,20,27-28H,8-9,14,19H2,1H3,(H,32,33)(H2,30,31,35)/t27-,28?/m1/s1. The van der Waals surface area contributed by atoms with E-state index in [-0.39, 0.29) is 18.1 Å². The van der Waals surface area contributed by atoms with Crippen molar-refractivity contribution in [2.24, 2.45) is 0 Å². The zero-order chi connectivity index (χ0) is 24.0. The monoisotopic (exact) mass is 463 g/mol. The summed E-state index contributed by atoms with van der Waals surface area (Å²) in [6, 6.07) is 25.7. The van der Waals surface area contributed by atoms with Crippen LogP contribution in [0, 0.1) is 11.8 Å². The second-order valence-electron chi connectivity index (χ2n) is 8.98. The van der Waals surface area contributed by atoms with E-state index in [9.17, 15) is 4.79 Å². The summed E-state index contributed by atoms with van der Waals surface area (Å²) in [5.74, 6) is 6.32. The lowest BCUT2D eigenvalue weighted by Gasteiger charge is -2.38. The lowest BCUT2D eigenvalue weighted by Crippen LogP contribution is -2.47. The lowest BCUT2D eigenvalue weighted by molar-refractivity contribution is 0.147. The number of rotatable bonds is 4. The molecular weight excluding hydrogens is 434 g/mol. The van der Waals surface area contributed by atoms with Gasteiger partial charge in [-0.1, -0.05) is 60.9 Å². The number of carbonyl (C=O) groups is 1. The van der Waals surface area contributed by atoms with Crippen LogP contribution in [0.4, 0.5) is 10.5 Å². The average Bonchev–Trinajstić information content (AvgIpc) is 3.30. The summed E-state index contributed by atoms with van der Waals surface area (Å²) in [6.07, 6.45) is 3.42. The number of anilines is 1. The molecular formula is C29H29N5O. The van der Waals surface area contributed by atoms with Gasteiger partial charge in [-0.15, -0.1) is 0 Å². The third kappa shape index (κ3) is 5.37. The Morgan fingerprint density at radius 2 is 1.80 bits per heavy atom. The molecule has 1 aliphatic heterocycles. The summed E-state index contributed by atoms with van der Waals surface area (Å²) in [4.78, 5) is 15.5. The number of hydrogen-bond acceptors (Lipinski definition) is 3. The predicted octanol–water partition coefficient (Wildman–Crippen LogP) is 5.31. The Kier molecular flexibility index (Phi) is 6.78. The molecule has 3 aromatic carbocycles. The maximum Gasteiger partial charge on any atom is 0.319 e. The largest absolute Gasteiger partial charge is 0.329 e. The molecule has 1 fully saturated rings. The van der Waals surface area contributed by atoms with Crippen molar-refractivity contribution in [3.05, 3.63) is 95.7 Å². The maximum absolute atomic E-state index is 13.1. The summed E-state index contributed by atoms with van der Waals surface area (Å²) in [5, 5.41) is 14.5. The van der Waals surface area contributed by atoms with Crippen molar-refractivity contribution in [2.75, 3.05) is 18.9 Å². The van der Waals surface area contributed by atoms with Crippen LogP contribution in [0.2, 0.25) is 0 Å². The number of urea groups is 1. The van der Waals surface area contributed by atoms with Gasteiger partial charge in [0.05, 0.1) is 11.6 Å². The molecule has 0 bridgehead atoms. The number of aromatic amines is 1. The van der Waals surface area contributed by atoms with Crippen LogP contribution in [0.3, 0.4) is 0 Å². The molecule has 2 heterocycles. The molecule has 6 heteroatoms. The Balaban J connectivity index is 1.35. The van der Waals surface area contributed by atoms with Gasteiger partial charge >= 0.3 is 6.03 Å². The molecule has 176 valence electrons. The van der Waals surface area contributed by atoms with Gasteiger partial charge in [0, 0.05) is 22.7 Å². The number of nitrogens with zero attached hydrogens (tertiary/aromatic N) is 2. The van der Waals surface area contributed by atoms with Gasteiger partial charge < -0.3 is 15.5 Å². The van der Waals surface area contributed by atoms with Crippen LogP contribution < -0.4 is 10.6 Å². The van der Waals surface area contributed by atoms with Crippen molar-refractivity contribution in [3.63, 3.8) is 0 Å². The lowest BCUT2D eigenvalue weighted by atomic mass is 9.91. The van der Waals surface area contributed by atoms with E-state index in [1.54, 1.807) is 0 Å². The Morgan fingerprint density at radius 3 is 2.57 bits per heavy atom. The van der Waals surface area contributed by atoms with Crippen molar-refractivity contribution < 1.29 is 4.79 Å². The fraction of sp³-hybridized carbons (Fsp3) is 0.241. The second kappa shape index (κ2) is 10.5. The topological polar surface area (TPSA) is 73.1 Å². The predicted molar refractivity (Wildman–Crippen MR) is 140 cm³/mol. The third-order valence-electron chi connectivity index (χ3n) is 6.57. The van der Waals surface area contributed by atoms with Crippen molar-refractivity contribution >= 4 is 22.6 Å². The van der Waals surface area contributed by atoms with Crippen LogP contribution in [0.5, 0.6) is 0 Å². The molecule has 1 aromatic heterocycles. The van der Waals surface area contributed by atoms with Crippen LogP contribution in [-0.4, -0.2) is 40.8 Å². The molecule has 0 saturated carbocycles. The van der Waals surface area contributed by atoms with Gasteiger partial charge in [-0.05, 0) is 68.2 Å². The van der Waals surface area contributed by atoms with Crippen molar-refractivity contribution in [1.29, 1.82) is 0 Å². The highest BCUT2D eigenvalue weighted by molar-refractivity contribution is 5.94. The Morgan fingerprint density at radius 1 is 1.03 bits per heavy atom. The van der Waals surface area contributed by atoms with Gasteiger partial charge in [-0.25, -0.2) is 4.79 Å². The molecule has 1 saturated heterocycles. The van der Waals surface area contributed by atoms with Crippen molar-refractivity contribution in [3.8, 4) is 11.8 Å². The molecule has 2 amide bonds. The van der Waals surface area contributed by atoms with Gasteiger partial charge in [0.15, 0.2) is 0 Å². The first kappa shape index (κ1) is 22.7. The first-order valence-electron chi connectivity index (χ1n) is 12.1. The van der Waals surface area contributed by atoms with Crippen LogP contribution >= 0.6 is 0 Å². The minimum absolute atomic E-state index is 0.0912. The number of fused-ring (bicyclic) bond motifs is 1. The minimum Gasteiger partial charge on any atom is -0.329 e. The normalized spacial score (nSPS) is 16.8. The highest BCUT2D eigenvalue weighted by Crippen LogP contribution is 2.28. The van der Waals surface area contributed by atoms with E-state index in [1.807, 2.05) is 66.7 Å². The molecule has 6 nitrogen and oxygen atoms in total. The number of likely N-dealkylation sites (tertiary alicyclic amines) is 1. The van der Waals surface area contributed by atoms with Gasteiger partial charge in [-0.2, -0.15) is 5.10 Å². The minimum atomic E-state index is -0.224. The van der Waals surface area contributed by atoms with E-state index < -0.39 is 0 Å². The maximum atomic E-state index is 13.1. The molecule has 5 rings (SSSR count). The Bertz CT molecular complexity index is 1350. The first-order chi connectivity index (χ1) is 17.2. The number of benzene rings is 3. The van der Waals surface area contributed by atoms with E-state index in [0.29, 0.717) is 5.69 Å². The number of carbonyl (C=O) groups excluding carboxylic acids is 1. The fourth-order valence-corrected chi connectivity index (χ4v) is 4.73. The van der Waals surface area contributed by atoms with E-state index in [0.717, 1.165) is 40.7 Å². The molecule has 4 aromatic rings. The number of nitrogens with one attached hydrogen (secondary N) is 3. The molecule has 2 atom stereocenters. The zero-order valence-corrected chi connectivity index (χ0v) is 19.8. The van der Waals surface area contributed by atoms with Gasteiger partial charge in [0.25, 0.3) is 0 Å². The summed E-state index contributed by atoms with van der Waals surface area (Å²) >= 11 is 0. The molecule has 0 spiro atoms. The fourth-order valence-electron chi connectivity index (χ4n) is 4.73. The number of likely N-dealkylation sites (N-methyl/N-ethyl adjacent to an activating group) is 1. The molecule has 1 unspecified atom stereocenters. The second-order valence-corrected chi connectivity index (χ2v) is 8.98. The quantitative estimate of drug-likeness (QED) is 0.359. The summed E-state index contributed by atoms with van der Waals surface area (Å²) in [7, 11) is 2.14. The molecule has 3 N–H and O–H groups in total. The smallest absolute Gasteiger partial charge is 0.319 e. The number of aromatic nitrogens is 2. The van der Waals surface area contributed by atoms with Gasteiger partial charge in [0.2, 0.25) is 0 Å². The zero-order valence-electron chi connectivity index (χ0n) is 19.8. The summed E-state index contributed by atoms with van der Waals surface area (Å²) in [5.41, 5.74) is 4.27. The molecule has 0 radical (unpaired) electrons. The van der Waals surface area contributed by atoms with Crippen molar-refractivity contribution in [1.82, 2.24) is 20.4 Å². The van der Waals surface area contributed by atoms with Gasteiger partial charge in [0.1, 0.15) is 5.69 Å². The van der Waals surface area contributed by atoms with E-state index in [1.165, 1.54) is 12.8 Å². The van der Waals surface area contributed by atoms with E-state index >= 15 is 0 Å². The SMILES string of the molecule is CN1CCCC[C@@H]1C(NC(=O)Nc1ccc2n[nH]c(C#Cc3ccccc3)c2c1)c1ccccc1. The third-order valence-corrected chi connectivity index (χ3v) is 6.57. The van der Waals surface area contributed by atoms with Crippen LogP contribution in [0.1, 0.15) is 42.1 Å². The Hall–Kier alpha value is -4.08. The number of H-pyrrole nitrogens is 1. The number of piperidine rings is 1. The van der Waals surface area contributed by atoms with Crippen LogP contribution in [0.25, 0.3) is 10.9 Å². The summed E-state index contributed by atoms with van der Waals surface area (Å²) in [6.45, 7) is 1.04. The Labute approximate surface area is 205 Å². The van der Waals surface area contributed by atoms with E-state index in [4.69, 9.17) is 0 Å². The van der Waals surface area contributed by atoms with Crippen LogP contribution in [-0.2, 0) is 0 Å². The van der Waals surface area contributed by atoms with Gasteiger partial charge in [-0.3, -0.25) is 5.10 Å². The molecule has 1 aliphatic rings. The van der Waals surface area contributed by atoms with Crippen molar-refractivity contribution in [2.45, 2.75) is 31.3 Å². The highest BCUT2D eigenvalue weighted by atomic mass is 16.2. The van der Waals surface area contributed by atoms with E-state index in [2.05, 4.69) is 56.8 Å². The number of amides is 2. The van der Waals surface area contributed by atoms with Crippen LogP contribution in [0.15, 0.2) is 78.9 Å².